The molecule has 1 aromatic carbocycles. The standard InChI is InChI=1S/C14H14Br2N2O/c1-2-19-11-5-9(7-18-8-11)14(17)12-4-3-10(15)6-13(12)16/h3-8,14H,2,17H2,1H3. The van der Waals surface area contributed by atoms with Crippen molar-refractivity contribution in [1.29, 1.82) is 0 Å². The van der Waals surface area contributed by atoms with Gasteiger partial charge in [-0.25, -0.2) is 0 Å². The molecular weight excluding hydrogens is 372 g/mol. The molecule has 100 valence electrons. The highest BCUT2D eigenvalue weighted by Crippen LogP contribution is 2.30. The lowest BCUT2D eigenvalue weighted by Crippen LogP contribution is -2.13. The average Bonchev–Trinajstić information content (AvgIpc) is 2.39. The first-order chi connectivity index (χ1) is 9.11. The van der Waals surface area contributed by atoms with E-state index >= 15 is 0 Å². The molecule has 0 aliphatic rings. The van der Waals surface area contributed by atoms with Crippen LogP contribution in [-0.4, -0.2) is 11.6 Å². The number of halogens is 2. The average molecular weight is 386 g/mol. The molecule has 0 radical (unpaired) electrons. The van der Waals surface area contributed by atoms with Gasteiger partial charge in [0, 0.05) is 15.1 Å². The quantitative estimate of drug-likeness (QED) is 0.863. The third-order valence-electron chi connectivity index (χ3n) is 2.70. The number of hydrogen-bond donors (Lipinski definition) is 1. The van der Waals surface area contributed by atoms with E-state index < -0.39 is 0 Å². The van der Waals surface area contributed by atoms with Crippen molar-refractivity contribution < 1.29 is 4.74 Å². The van der Waals surface area contributed by atoms with E-state index in [1.54, 1.807) is 12.4 Å². The van der Waals surface area contributed by atoms with Crippen LogP contribution in [0.15, 0.2) is 45.6 Å². The largest absolute Gasteiger partial charge is 0.492 e. The van der Waals surface area contributed by atoms with E-state index in [2.05, 4.69) is 36.8 Å². The van der Waals surface area contributed by atoms with Gasteiger partial charge in [-0.15, -0.1) is 0 Å². The van der Waals surface area contributed by atoms with Gasteiger partial charge in [-0.05, 0) is 36.2 Å². The molecule has 2 aromatic rings. The van der Waals surface area contributed by atoms with Crippen molar-refractivity contribution in [2.75, 3.05) is 6.61 Å². The van der Waals surface area contributed by atoms with E-state index in [-0.39, 0.29) is 6.04 Å². The highest BCUT2D eigenvalue weighted by atomic mass is 79.9. The summed E-state index contributed by atoms with van der Waals surface area (Å²) in [6.45, 7) is 2.56. The van der Waals surface area contributed by atoms with Gasteiger partial charge in [0.2, 0.25) is 0 Å². The van der Waals surface area contributed by atoms with Crippen molar-refractivity contribution in [1.82, 2.24) is 4.98 Å². The first-order valence-electron chi connectivity index (χ1n) is 5.90. The maximum absolute atomic E-state index is 6.29. The lowest BCUT2D eigenvalue weighted by Gasteiger charge is -2.15. The minimum absolute atomic E-state index is 0.240. The number of aromatic nitrogens is 1. The van der Waals surface area contributed by atoms with E-state index in [4.69, 9.17) is 10.5 Å². The van der Waals surface area contributed by atoms with E-state index in [0.29, 0.717) is 6.61 Å². The van der Waals surface area contributed by atoms with Gasteiger partial charge in [-0.3, -0.25) is 4.98 Å². The topological polar surface area (TPSA) is 48.1 Å². The van der Waals surface area contributed by atoms with Crippen molar-refractivity contribution in [2.24, 2.45) is 5.73 Å². The van der Waals surface area contributed by atoms with Crippen molar-refractivity contribution in [3.63, 3.8) is 0 Å². The molecule has 1 heterocycles. The summed E-state index contributed by atoms with van der Waals surface area (Å²) >= 11 is 6.96. The fourth-order valence-corrected chi connectivity index (χ4v) is 3.08. The second-order valence-corrected chi connectivity index (χ2v) is 5.80. The van der Waals surface area contributed by atoms with E-state index in [0.717, 1.165) is 25.8 Å². The van der Waals surface area contributed by atoms with Gasteiger partial charge in [-0.2, -0.15) is 0 Å². The Morgan fingerprint density at radius 2 is 2.05 bits per heavy atom. The summed E-state index contributed by atoms with van der Waals surface area (Å²) in [6.07, 6.45) is 3.46. The lowest BCUT2D eigenvalue weighted by molar-refractivity contribution is 0.338. The second-order valence-electron chi connectivity index (χ2n) is 4.03. The molecule has 0 spiro atoms. The Morgan fingerprint density at radius 3 is 2.74 bits per heavy atom. The summed E-state index contributed by atoms with van der Waals surface area (Å²) in [5, 5.41) is 0. The molecule has 5 heteroatoms. The van der Waals surface area contributed by atoms with Gasteiger partial charge >= 0.3 is 0 Å². The Balaban J connectivity index is 2.32. The number of pyridine rings is 1. The summed E-state index contributed by atoms with van der Waals surface area (Å²) in [4.78, 5) is 4.17. The van der Waals surface area contributed by atoms with Crippen LogP contribution in [0.25, 0.3) is 0 Å². The monoisotopic (exact) mass is 384 g/mol. The Hall–Kier alpha value is -0.910. The van der Waals surface area contributed by atoms with Gasteiger partial charge in [0.15, 0.2) is 0 Å². The third kappa shape index (κ3) is 3.55. The molecule has 0 saturated carbocycles. The second kappa shape index (κ2) is 6.50. The van der Waals surface area contributed by atoms with Crippen LogP contribution in [0.1, 0.15) is 24.1 Å². The summed E-state index contributed by atoms with van der Waals surface area (Å²) in [5.74, 6) is 0.740. The van der Waals surface area contributed by atoms with Crippen LogP contribution in [0.2, 0.25) is 0 Å². The Kier molecular flexibility index (Phi) is 4.96. The van der Waals surface area contributed by atoms with Gasteiger partial charge in [-0.1, -0.05) is 37.9 Å². The Labute approximate surface area is 129 Å². The smallest absolute Gasteiger partial charge is 0.137 e. The predicted octanol–water partition coefficient (Wildman–Crippen LogP) is 4.05. The molecule has 1 aromatic heterocycles. The number of benzene rings is 1. The number of rotatable bonds is 4. The maximum atomic E-state index is 6.29. The molecule has 1 unspecified atom stereocenters. The summed E-state index contributed by atoms with van der Waals surface area (Å²) < 4.78 is 7.42. The SMILES string of the molecule is CCOc1cncc(C(N)c2ccc(Br)cc2Br)c1. The van der Waals surface area contributed by atoms with E-state index in [1.807, 2.05) is 31.2 Å². The molecule has 3 nitrogen and oxygen atoms in total. The summed E-state index contributed by atoms with van der Waals surface area (Å²) in [6, 6.07) is 7.63. The van der Waals surface area contributed by atoms with Crippen LogP contribution in [0.3, 0.4) is 0 Å². The summed E-state index contributed by atoms with van der Waals surface area (Å²) in [7, 11) is 0. The van der Waals surface area contributed by atoms with Crippen molar-refractivity contribution >= 4 is 31.9 Å². The zero-order valence-corrected chi connectivity index (χ0v) is 13.6. The van der Waals surface area contributed by atoms with Crippen LogP contribution in [0, 0.1) is 0 Å². The van der Waals surface area contributed by atoms with Crippen LogP contribution >= 0.6 is 31.9 Å². The molecule has 2 rings (SSSR count). The van der Waals surface area contributed by atoms with E-state index in [9.17, 15) is 0 Å². The normalized spacial score (nSPS) is 12.2. The maximum Gasteiger partial charge on any atom is 0.137 e. The van der Waals surface area contributed by atoms with Gasteiger partial charge in [0.25, 0.3) is 0 Å². The van der Waals surface area contributed by atoms with Crippen LogP contribution in [0.4, 0.5) is 0 Å². The third-order valence-corrected chi connectivity index (χ3v) is 3.88. The van der Waals surface area contributed by atoms with E-state index in [1.165, 1.54) is 0 Å². The Morgan fingerprint density at radius 1 is 1.26 bits per heavy atom. The number of ether oxygens (including phenoxy) is 1. The molecule has 0 saturated heterocycles. The van der Waals surface area contributed by atoms with Crippen LogP contribution in [-0.2, 0) is 0 Å². The number of nitrogens with two attached hydrogens (primary N) is 1. The zero-order chi connectivity index (χ0) is 13.8. The molecule has 0 amide bonds. The molecule has 0 fully saturated rings. The van der Waals surface area contributed by atoms with Crippen molar-refractivity contribution in [3.05, 3.63) is 56.7 Å². The highest BCUT2D eigenvalue weighted by molar-refractivity contribution is 9.11. The predicted molar refractivity (Wildman–Crippen MR) is 83.3 cm³/mol. The van der Waals surface area contributed by atoms with Gasteiger partial charge in [0.1, 0.15) is 5.75 Å². The molecule has 2 N–H and O–H groups in total. The fourth-order valence-electron chi connectivity index (χ4n) is 1.78. The van der Waals surface area contributed by atoms with Gasteiger partial charge < -0.3 is 10.5 Å². The molecule has 19 heavy (non-hydrogen) atoms. The summed E-state index contributed by atoms with van der Waals surface area (Å²) in [5.41, 5.74) is 8.23. The van der Waals surface area contributed by atoms with Gasteiger partial charge in [0.05, 0.1) is 18.8 Å². The Bertz CT molecular complexity index is 575. The molecule has 0 bridgehead atoms. The first kappa shape index (κ1) is 14.5. The molecule has 0 aliphatic carbocycles. The number of nitrogens with zero attached hydrogens (tertiary/aromatic N) is 1. The van der Waals surface area contributed by atoms with Crippen LogP contribution in [0.5, 0.6) is 5.75 Å². The zero-order valence-electron chi connectivity index (χ0n) is 10.4. The number of hydrogen-bond acceptors (Lipinski definition) is 3. The first-order valence-corrected chi connectivity index (χ1v) is 7.48. The van der Waals surface area contributed by atoms with Crippen molar-refractivity contribution in [2.45, 2.75) is 13.0 Å². The highest BCUT2D eigenvalue weighted by Gasteiger charge is 2.13. The minimum atomic E-state index is -0.240. The molecule has 0 aliphatic heterocycles. The fraction of sp³-hybridized carbons (Fsp3) is 0.214. The van der Waals surface area contributed by atoms with Crippen molar-refractivity contribution in [3.8, 4) is 5.75 Å². The molecule has 1 atom stereocenters. The lowest BCUT2D eigenvalue weighted by atomic mass is 10.0. The van der Waals surface area contributed by atoms with Crippen LogP contribution < -0.4 is 10.5 Å². The minimum Gasteiger partial charge on any atom is -0.492 e. The molecular formula is C14H14Br2N2O.